The molecule has 0 amide bonds. The Morgan fingerprint density at radius 2 is 2.18 bits per heavy atom. The lowest BCUT2D eigenvalue weighted by Crippen LogP contribution is -2.18. The van der Waals surface area contributed by atoms with Gasteiger partial charge in [0.2, 0.25) is 5.88 Å². The third-order valence-electron chi connectivity index (χ3n) is 3.37. The van der Waals surface area contributed by atoms with Crippen LogP contribution < -0.4 is 9.47 Å². The van der Waals surface area contributed by atoms with Gasteiger partial charge >= 0.3 is 5.97 Å². The molecule has 3 rings (SSSR count). The van der Waals surface area contributed by atoms with E-state index in [-0.39, 0.29) is 23.5 Å². The lowest BCUT2D eigenvalue weighted by Gasteiger charge is -2.21. The summed E-state index contributed by atoms with van der Waals surface area (Å²) < 4.78 is 10.7. The number of fused-ring (bicyclic) bond motifs is 1. The third-order valence-corrected chi connectivity index (χ3v) is 3.37. The van der Waals surface area contributed by atoms with Crippen molar-refractivity contribution in [2.75, 3.05) is 0 Å². The number of esters is 1. The highest BCUT2D eigenvalue weighted by Gasteiger charge is 2.24. The van der Waals surface area contributed by atoms with E-state index in [9.17, 15) is 14.9 Å². The molecule has 2 aromatic rings. The number of aromatic nitrogens is 1. The van der Waals surface area contributed by atoms with Crippen molar-refractivity contribution in [1.82, 2.24) is 4.98 Å². The van der Waals surface area contributed by atoms with Gasteiger partial charge in [-0.05, 0) is 17.5 Å². The highest BCUT2D eigenvalue weighted by atomic mass is 16.6. The highest BCUT2D eigenvalue weighted by Crippen LogP contribution is 2.37. The van der Waals surface area contributed by atoms with Crippen LogP contribution in [0.3, 0.4) is 0 Å². The maximum atomic E-state index is 11.5. The molecule has 2 heterocycles. The van der Waals surface area contributed by atoms with Crippen LogP contribution in [0.5, 0.6) is 17.4 Å². The number of carbonyl (C=O) groups is 1. The minimum absolute atomic E-state index is 0.0998. The van der Waals surface area contributed by atoms with Crippen LogP contribution in [0, 0.1) is 10.1 Å². The predicted octanol–water partition coefficient (Wildman–Crippen LogP) is 3.19. The van der Waals surface area contributed by atoms with Crippen LogP contribution in [0.2, 0.25) is 0 Å². The van der Waals surface area contributed by atoms with Crippen LogP contribution in [-0.4, -0.2) is 15.9 Å². The normalized spacial score (nSPS) is 16.6. The second-order valence-electron chi connectivity index (χ2n) is 4.99. The molecule has 0 aliphatic carbocycles. The topological polar surface area (TPSA) is 91.6 Å². The van der Waals surface area contributed by atoms with Crippen molar-refractivity contribution < 1.29 is 19.2 Å². The van der Waals surface area contributed by atoms with Crippen molar-refractivity contribution in [3.8, 4) is 17.4 Å². The fourth-order valence-electron chi connectivity index (χ4n) is 2.26. The number of ether oxygens (including phenoxy) is 2. The Hall–Kier alpha value is -2.96. The second-order valence-corrected chi connectivity index (χ2v) is 4.99. The molecule has 0 radical (unpaired) electrons. The Kier molecular flexibility index (Phi) is 3.46. The molecule has 1 aliphatic heterocycles. The molecule has 0 N–H and O–H groups in total. The van der Waals surface area contributed by atoms with E-state index in [2.05, 4.69) is 4.98 Å². The zero-order valence-corrected chi connectivity index (χ0v) is 11.7. The number of hydrogen-bond donors (Lipinski definition) is 0. The van der Waals surface area contributed by atoms with E-state index in [1.807, 2.05) is 13.0 Å². The minimum atomic E-state index is -0.531. The van der Waals surface area contributed by atoms with E-state index in [0.29, 0.717) is 17.9 Å². The molecular formula is C15H12N2O5. The molecule has 1 aromatic carbocycles. The van der Waals surface area contributed by atoms with Gasteiger partial charge in [0.05, 0.1) is 11.3 Å². The van der Waals surface area contributed by atoms with Gasteiger partial charge in [0.1, 0.15) is 17.7 Å². The lowest BCUT2D eigenvalue weighted by atomic mass is 9.95. The first-order valence-corrected chi connectivity index (χ1v) is 6.66. The van der Waals surface area contributed by atoms with Gasteiger partial charge in [-0.2, -0.15) is 0 Å². The molecule has 0 saturated heterocycles. The van der Waals surface area contributed by atoms with Crippen LogP contribution in [0.4, 0.5) is 5.69 Å². The van der Waals surface area contributed by atoms with E-state index in [4.69, 9.17) is 9.47 Å². The van der Waals surface area contributed by atoms with E-state index in [1.165, 1.54) is 12.1 Å². The molecule has 0 bridgehead atoms. The number of benzene rings is 1. The van der Waals surface area contributed by atoms with E-state index in [0.717, 1.165) is 11.8 Å². The Bertz CT molecular complexity index is 742. The Labute approximate surface area is 125 Å². The smallest absolute Gasteiger partial charge is 0.311 e. The zero-order valence-electron chi connectivity index (χ0n) is 11.7. The van der Waals surface area contributed by atoms with Crippen molar-refractivity contribution in [3.05, 3.63) is 52.2 Å². The molecule has 0 spiro atoms. The summed E-state index contributed by atoms with van der Waals surface area (Å²) in [5.41, 5.74) is 0.837. The number of hydrogen-bond acceptors (Lipinski definition) is 6. The lowest BCUT2D eigenvalue weighted by molar-refractivity contribution is -0.385. The summed E-state index contributed by atoms with van der Waals surface area (Å²) in [4.78, 5) is 25.4. The van der Waals surface area contributed by atoms with Gasteiger partial charge in [0.25, 0.3) is 5.69 Å². The fraction of sp³-hybridized carbons (Fsp3) is 0.200. The van der Waals surface area contributed by atoms with Gasteiger partial charge in [-0.15, -0.1) is 0 Å². The van der Waals surface area contributed by atoms with Crippen LogP contribution >= 0.6 is 0 Å². The van der Waals surface area contributed by atoms with Crippen LogP contribution in [-0.2, 0) is 4.79 Å². The van der Waals surface area contributed by atoms with Gasteiger partial charge in [-0.3, -0.25) is 14.9 Å². The van der Waals surface area contributed by atoms with Crippen LogP contribution in [0.1, 0.15) is 24.8 Å². The highest BCUT2D eigenvalue weighted by molar-refractivity contribution is 5.76. The summed E-state index contributed by atoms with van der Waals surface area (Å²) in [7, 11) is 0. The van der Waals surface area contributed by atoms with E-state index < -0.39 is 4.92 Å². The average molecular weight is 300 g/mol. The predicted molar refractivity (Wildman–Crippen MR) is 76.1 cm³/mol. The monoisotopic (exact) mass is 300 g/mol. The van der Waals surface area contributed by atoms with E-state index >= 15 is 0 Å². The van der Waals surface area contributed by atoms with Crippen molar-refractivity contribution in [3.63, 3.8) is 0 Å². The van der Waals surface area contributed by atoms with Crippen molar-refractivity contribution in [2.24, 2.45) is 0 Å². The summed E-state index contributed by atoms with van der Waals surface area (Å²) in [5, 5.41) is 10.6. The molecule has 1 unspecified atom stereocenters. The van der Waals surface area contributed by atoms with Crippen molar-refractivity contribution >= 4 is 11.7 Å². The standard InChI is InChI=1S/C15H12N2O5/c1-9-6-15(18)22-13-7-11(3-4-12(9)13)21-14-5-2-10(8-16-14)17(19)20/h2-5,7-9H,6H2,1H3. The molecular weight excluding hydrogens is 288 g/mol. The maximum absolute atomic E-state index is 11.5. The average Bonchev–Trinajstić information content (AvgIpc) is 2.47. The molecule has 7 heteroatoms. The van der Waals surface area contributed by atoms with Gasteiger partial charge < -0.3 is 9.47 Å². The SMILES string of the molecule is CC1CC(=O)Oc2cc(Oc3ccc([N+](=O)[O-])cn3)ccc21. The third kappa shape index (κ3) is 2.73. The van der Waals surface area contributed by atoms with Gasteiger partial charge in [-0.25, -0.2) is 4.98 Å². The second kappa shape index (κ2) is 5.44. The van der Waals surface area contributed by atoms with Crippen molar-refractivity contribution in [1.29, 1.82) is 0 Å². The molecule has 1 atom stereocenters. The molecule has 0 saturated carbocycles. The summed E-state index contributed by atoms with van der Waals surface area (Å²) in [5.74, 6) is 0.972. The fourth-order valence-corrected chi connectivity index (χ4v) is 2.26. The molecule has 1 aromatic heterocycles. The van der Waals surface area contributed by atoms with Crippen LogP contribution in [0.25, 0.3) is 0 Å². The quantitative estimate of drug-likeness (QED) is 0.374. The first-order valence-electron chi connectivity index (χ1n) is 6.66. The van der Waals surface area contributed by atoms with Crippen LogP contribution in [0.15, 0.2) is 36.5 Å². The van der Waals surface area contributed by atoms with Gasteiger partial charge in [-0.1, -0.05) is 13.0 Å². The Morgan fingerprint density at radius 1 is 1.36 bits per heavy atom. The number of carbonyl (C=O) groups excluding carboxylic acids is 1. The van der Waals surface area contributed by atoms with Gasteiger partial charge in [0.15, 0.2) is 0 Å². The Balaban J connectivity index is 1.82. The summed E-state index contributed by atoms with van der Waals surface area (Å²) in [6, 6.07) is 7.92. The summed E-state index contributed by atoms with van der Waals surface area (Å²) in [6.07, 6.45) is 1.48. The number of nitrogens with zero attached hydrogens (tertiary/aromatic N) is 2. The first-order chi connectivity index (χ1) is 10.5. The maximum Gasteiger partial charge on any atom is 0.311 e. The molecule has 1 aliphatic rings. The molecule has 7 nitrogen and oxygen atoms in total. The largest absolute Gasteiger partial charge is 0.439 e. The Morgan fingerprint density at radius 3 is 2.86 bits per heavy atom. The van der Waals surface area contributed by atoms with Crippen molar-refractivity contribution in [2.45, 2.75) is 19.3 Å². The minimum Gasteiger partial charge on any atom is -0.439 e. The number of nitro groups is 1. The first kappa shape index (κ1) is 14.0. The molecule has 0 fully saturated rings. The zero-order chi connectivity index (χ0) is 15.7. The van der Waals surface area contributed by atoms with E-state index in [1.54, 1.807) is 12.1 Å². The molecule has 22 heavy (non-hydrogen) atoms. The summed E-state index contributed by atoms with van der Waals surface area (Å²) in [6.45, 7) is 1.96. The number of pyridine rings is 1. The summed E-state index contributed by atoms with van der Waals surface area (Å²) >= 11 is 0. The molecule has 112 valence electrons. The van der Waals surface area contributed by atoms with Gasteiger partial charge in [0, 0.05) is 18.2 Å². The number of rotatable bonds is 3.